The van der Waals surface area contributed by atoms with Crippen molar-refractivity contribution < 1.29 is 24.9 Å². The molecule has 3 N–H and O–H groups in total. The van der Waals surface area contributed by atoms with Gasteiger partial charge < -0.3 is 15.3 Å². The Hall–Kier alpha value is -1.88. The fourth-order valence-corrected chi connectivity index (χ4v) is 3.06. The number of aliphatic hydroxyl groups is 1. The summed E-state index contributed by atoms with van der Waals surface area (Å²) in [6.45, 7) is 3.76. The maximum atomic E-state index is 11.9. The molecule has 0 aliphatic heterocycles. The van der Waals surface area contributed by atoms with Gasteiger partial charge in [0.25, 0.3) is 0 Å². The Balaban J connectivity index is 3.46. The number of benzene rings is 1. The standard InChI is InChI=1S/C19H28O5/c1-3-5-7-9-14-13(12-20)11-16(18(21)22)15(10-8-6-4-2)17(14)19(23)24/h11,20H,3-10,12H2,1-2H3,(H,21,22)(H,23,24). The Morgan fingerprint density at radius 3 is 1.83 bits per heavy atom. The highest BCUT2D eigenvalue weighted by molar-refractivity contribution is 5.98. The summed E-state index contributed by atoms with van der Waals surface area (Å²) < 4.78 is 0. The fourth-order valence-electron chi connectivity index (χ4n) is 3.06. The highest BCUT2D eigenvalue weighted by Gasteiger charge is 2.24. The van der Waals surface area contributed by atoms with Crippen LogP contribution in [-0.2, 0) is 19.4 Å². The third-order valence-corrected chi connectivity index (χ3v) is 4.31. The molecule has 0 amide bonds. The molecule has 24 heavy (non-hydrogen) atoms. The predicted octanol–water partition coefficient (Wildman–Crippen LogP) is 4.04. The smallest absolute Gasteiger partial charge is 0.336 e. The van der Waals surface area contributed by atoms with Crippen molar-refractivity contribution in [2.45, 2.75) is 71.8 Å². The van der Waals surface area contributed by atoms with E-state index in [0.29, 0.717) is 29.5 Å². The van der Waals surface area contributed by atoms with Crippen LogP contribution in [-0.4, -0.2) is 27.3 Å². The summed E-state index contributed by atoms with van der Waals surface area (Å²) in [4.78, 5) is 23.5. The van der Waals surface area contributed by atoms with Crippen LogP contribution in [0.1, 0.15) is 89.8 Å². The molecule has 0 spiro atoms. The third-order valence-electron chi connectivity index (χ3n) is 4.31. The molecule has 0 aliphatic rings. The Morgan fingerprint density at radius 2 is 1.42 bits per heavy atom. The number of carboxylic acid groups (broad SMARTS) is 2. The average Bonchev–Trinajstić information content (AvgIpc) is 2.54. The summed E-state index contributed by atoms with van der Waals surface area (Å²) in [6.07, 6.45) is 6.43. The summed E-state index contributed by atoms with van der Waals surface area (Å²) in [7, 11) is 0. The van der Waals surface area contributed by atoms with Crippen molar-refractivity contribution in [3.63, 3.8) is 0 Å². The largest absolute Gasteiger partial charge is 0.478 e. The van der Waals surface area contributed by atoms with Crippen molar-refractivity contribution in [1.82, 2.24) is 0 Å². The van der Waals surface area contributed by atoms with Crippen LogP contribution in [0.3, 0.4) is 0 Å². The quantitative estimate of drug-likeness (QED) is 0.530. The number of rotatable bonds is 11. The second kappa shape index (κ2) is 10.1. The summed E-state index contributed by atoms with van der Waals surface area (Å²) in [6, 6.07) is 1.46. The first-order chi connectivity index (χ1) is 11.5. The first-order valence-electron chi connectivity index (χ1n) is 8.72. The molecule has 1 aromatic rings. The number of carbonyl (C=O) groups is 2. The molecule has 0 aliphatic carbocycles. The van der Waals surface area contributed by atoms with Gasteiger partial charge in [0, 0.05) is 0 Å². The summed E-state index contributed by atoms with van der Waals surface area (Å²) in [5.74, 6) is -2.25. The van der Waals surface area contributed by atoms with Crippen LogP contribution in [0.2, 0.25) is 0 Å². The number of hydrogen-bond acceptors (Lipinski definition) is 3. The van der Waals surface area contributed by atoms with Crippen LogP contribution in [0.25, 0.3) is 0 Å². The molecule has 1 rings (SSSR count). The van der Waals surface area contributed by atoms with Crippen LogP contribution in [0.4, 0.5) is 0 Å². The van der Waals surface area contributed by atoms with Crippen molar-refractivity contribution in [2.75, 3.05) is 0 Å². The minimum atomic E-state index is -1.14. The van der Waals surface area contributed by atoms with Gasteiger partial charge in [-0.15, -0.1) is 0 Å². The lowest BCUT2D eigenvalue weighted by atomic mass is 9.86. The molecule has 0 saturated heterocycles. The zero-order valence-corrected chi connectivity index (χ0v) is 14.6. The van der Waals surface area contributed by atoms with Gasteiger partial charge in [-0.3, -0.25) is 0 Å². The Morgan fingerprint density at radius 1 is 0.875 bits per heavy atom. The molecule has 1 aromatic carbocycles. The SMILES string of the molecule is CCCCCc1c(CO)cc(C(=O)O)c(CCCCC)c1C(=O)O. The lowest BCUT2D eigenvalue weighted by Gasteiger charge is -2.18. The monoisotopic (exact) mass is 336 g/mol. The minimum Gasteiger partial charge on any atom is -0.478 e. The van der Waals surface area contributed by atoms with Crippen molar-refractivity contribution >= 4 is 11.9 Å². The van der Waals surface area contributed by atoms with Crippen molar-refractivity contribution in [3.8, 4) is 0 Å². The van der Waals surface area contributed by atoms with E-state index in [0.717, 1.165) is 38.5 Å². The third kappa shape index (κ3) is 5.06. The molecule has 5 heteroatoms. The lowest BCUT2D eigenvalue weighted by molar-refractivity contribution is 0.0694. The number of hydrogen-bond donors (Lipinski definition) is 3. The molecule has 0 saturated carbocycles. The maximum Gasteiger partial charge on any atom is 0.336 e. The van der Waals surface area contributed by atoms with E-state index in [1.165, 1.54) is 6.07 Å². The first kappa shape index (κ1) is 20.2. The molecular formula is C19H28O5. The van der Waals surface area contributed by atoms with Gasteiger partial charge in [-0.2, -0.15) is 0 Å². The molecule has 0 fully saturated rings. The highest BCUT2D eigenvalue weighted by Crippen LogP contribution is 2.28. The minimum absolute atomic E-state index is 0.00629. The van der Waals surface area contributed by atoms with E-state index in [1.54, 1.807) is 0 Å². The number of aromatic carboxylic acids is 2. The number of unbranched alkanes of at least 4 members (excludes halogenated alkanes) is 4. The maximum absolute atomic E-state index is 11.9. The zero-order chi connectivity index (χ0) is 18.1. The van der Waals surface area contributed by atoms with E-state index in [-0.39, 0.29) is 17.7 Å². The van der Waals surface area contributed by atoms with E-state index in [4.69, 9.17) is 0 Å². The van der Waals surface area contributed by atoms with Gasteiger partial charge >= 0.3 is 11.9 Å². The van der Waals surface area contributed by atoms with Gasteiger partial charge in [-0.05, 0) is 48.4 Å². The van der Waals surface area contributed by atoms with Crippen LogP contribution in [0, 0.1) is 0 Å². The van der Waals surface area contributed by atoms with Gasteiger partial charge in [0.1, 0.15) is 0 Å². The summed E-state index contributed by atoms with van der Waals surface area (Å²) in [5.41, 5.74) is 1.50. The van der Waals surface area contributed by atoms with E-state index in [9.17, 15) is 24.9 Å². The first-order valence-corrected chi connectivity index (χ1v) is 8.72. The van der Waals surface area contributed by atoms with E-state index in [2.05, 4.69) is 6.92 Å². The van der Waals surface area contributed by atoms with E-state index >= 15 is 0 Å². The van der Waals surface area contributed by atoms with E-state index in [1.807, 2.05) is 6.92 Å². The highest BCUT2D eigenvalue weighted by atomic mass is 16.4. The summed E-state index contributed by atoms with van der Waals surface area (Å²) >= 11 is 0. The van der Waals surface area contributed by atoms with Gasteiger partial charge in [0.2, 0.25) is 0 Å². The van der Waals surface area contributed by atoms with Crippen LogP contribution >= 0.6 is 0 Å². The number of aliphatic hydroxyl groups excluding tert-OH is 1. The fraction of sp³-hybridized carbons (Fsp3) is 0.579. The lowest BCUT2D eigenvalue weighted by Crippen LogP contribution is -2.16. The topological polar surface area (TPSA) is 94.8 Å². The molecule has 0 unspecified atom stereocenters. The Bertz CT molecular complexity index is 578. The summed E-state index contributed by atoms with van der Waals surface area (Å²) in [5, 5.41) is 28.8. The molecule has 0 heterocycles. The van der Waals surface area contributed by atoms with Gasteiger partial charge in [0.05, 0.1) is 17.7 Å². The molecule has 0 bridgehead atoms. The Kier molecular flexibility index (Phi) is 8.47. The van der Waals surface area contributed by atoms with Gasteiger partial charge in [-0.25, -0.2) is 9.59 Å². The molecule has 0 aromatic heterocycles. The predicted molar refractivity (Wildman–Crippen MR) is 92.7 cm³/mol. The van der Waals surface area contributed by atoms with Crippen LogP contribution in [0.5, 0.6) is 0 Å². The number of carboxylic acids is 2. The normalized spacial score (nSPS) is 10.8. The molecule has 5 nitrogen and oxygen atoms in total. The van der Waals surface area contributed by atoms with Crippen LogP contribution < -0.4 is 0 Å². The molecule has 134 valence electrons. The molecular weight excluding hydrogens is 308 g/mol. The van der Waals surface area contributed by atoms with E-state index < -0.39 is 11.9 Å². The van der Waals surface area contributed by atoms with Crippen LogP contribution in [0.15, 0.2) is 6.07 Å². The van der Waals surface area contributed by atoms with Crippen molar-refractivity contribution in [3.05, 3.63) is 33.9 Å². The second-order valence-electron chi connectivity index (χ2n) is 6.10. The van der Waals surface area contributed by atoms with Crippen molar-refractivity contribution in [1.29, 1.82) is 0 Å². The second-order valence-corrected chi connectivity index (χ2v) is 6.10. The molecule has 0 radical (unpaired) electrons. The van der Waals surface area contributed by atoms with Gasteiger partial charge in [-0.1, -0.05) is 39.5 Å². The average molecular weight is 336 g/mol. The zero-order valence-electron chi connectivity index (χ0n) is 14.6. The Labute approximate surface area is 143 Å². The van der Waals surface area contributed by atoms with Crippen molar-refractivity contribution in [2.24, 2.45) is 0 Å². The van der Waals surface area contributed by atoms with Gasteiger partial charge in [0.15, 0.2) is 0 Å². The molecule has 0 atom stereocenters.